The Morgan fingerprint density at radius 3 is 2.68 bits per heavy atom. The largest absolute Gasteiger partial charge is 0.342 e. The Morgan fingerprint density at radius 1 is 1.26 bits per heavy atom. The molecular weight excluding hydrogens is 254 g/mol. The predicted octanol–water partition coefficient (Wildman–Crippen LogP) is 3.05. The van der Waals surface area contributed by atoms with E-state index in [2.05, 4.69) is 52.7 Å². The molecule has 19 heavy (non-hydrogen) atoms. The van der Waals surface area contributed by atoms with E-state index in [0.29, 0.717) is 0 Å². The van der Waals surface area contributed by atoms with Gasteiger partial charge in [-0.25, -0.2) is 4.98 Å². The number of aromatic nitrogens is 2. The van der Waals surface area contributed by atoms with E-state index < -0.39 is 0 Å². The molecule has 1 fully saturated rings. The summed E-state index contributed by atoms with van der Waals surface area (Å²) in [6.07, 6.45) is 5.19. The monoisotopic (exact) mass is 273 g/mol. The van der Waals surface area contributed by atoms with Gasteiger partial charge in [-0.1, -0.05) is 19.1 Å². The van der Waals surface area contributed by atoms with Gasteiger partial charge in [0.25, 0.3) is 0 Å². The van der Waals surface area contributed by atoms with Gasteiger partial charge in [0, 0.05) is 16.9 Å². The zero-order valence-electron chi connectivity index (χ0n) is 11.4. The van der Waals surface area contributed by atoms with Gasteiger partial charge in [0.05, 0.1) is 11.9 Å². The Hall–Kier alpha value is -1.26. The summed E-state index contributed by atoms with van der Waals surface area (Å²) in [5.41, 5.74) is 2.46. The van der Waals surface area contributed by atoms with Crippen LogP contribution in [0.5, 0.6) is 0 Å². The highest BCUT2D eigenvalue weighted by molar-refractivity contribution is 7.98. The third-order valence-corrected chi connectivity index (χ3v) is 4.66. The maximum Gasteiger partial charge on any atom is 0.113 e. The fourth-order valence-corrected chi connectivity index (χ4v) is 2.97. The second-order valence-corrected chi connectivity index (χ2v) is 6.24. The van der Waals surface area contributed by atoms with Crippen LogP contribution in [0.1, 0.15) is 19.2 Å². The number of aromatic amines is 1. The van der Waals surface area contributed by atoms with Crippen LogP contribution >= 0.6 is 11.8 Å². The van der Waals surface area contributed by atoms with Crippen LogP contribution in [0, 0.1) is 0 Å². The van der Waals surface area contributed by atoms with Crippen LogP contribution in [-0.4, -0.2) is 29.3 Å². The average molecular weight is 273 g/mol. The number of nitrogens with zero attached hydrogens (tertiary/aromatic N) is 1. The van der Waals surface area contributed by atoms with Crippen LogP contribution in [0.2, 0.25) is 0 Å². The second-order valence-electron chi connectivity index (χ2n) is 5.36. The van der Waals surface area contributed by atoms with Gasteiger partial charge < -0.3 is 10.3 Å². The summed E-state index contributed by atoms with van der Waals surface area (Å²) in [5.74, 6) is 1.10. The van der Waals surface area contributed by atoms with E-state index in [1.807, 2.05) is 6.20 Å². The number of nitrogens with one attached hydrogen (secondary N) is 2. The Labute approximate surface area is 118 Å². The summed E-state index contributed by atoms with van der Waals surface area (Å²) in [5, 5.41) is 3.41. The van der Waals surface area contributed by atoms with Crippen molar-refractivity contribution < 1.29 is 0 Å². The minimum Gasteiger partial charge on any atom is -0.342 e. The first-order chi connectivity index (χ1) is 9.21. The van der Waals surface area contributed by atoms with Crippen molar-refractivity contribution in [2.24, 2.45) is 0 Å². The lowest BCUT2D eigenvalue weighted by Crippen LogP contribution is -2.26. The molecular formula is C15H19N3S. The van der Waals surface area contributed by atoms with E-state index in [9.17, 15) is 0 Å². The number of thioether (sulfide) groups is 1. The highest BCUT2D eigenvalue weighted by atomic mass is 32.2. The maximum atomic E-state index is 4.59. The molecule has 0 bridgehead atoms. The van der Waals surface area contributed by atoms with Crippen molar-refractivity contribution in [3.05, 3.63) is 36.3 Å². The third-order valence-electron chi connectivity index (χ3n) is 3.92. The van der Waals surface area contributed by atoms with Gasteiger partial charge in [0.1, 0.15) is 5.82 Å². The normalized spacial score (nSPS) is 22.8. The van der Waals surface area contributed by atoms with Gasteiger partial charge in [-0.3, -0.25) is 0 Å². The van der Waals surface area contributed by atoms with E-state index in [-0.39, 0.29) is 5.41 Å². The van der Waals surface area contributed by atoms with Crippen molar-refractivity contribution in [3.63, 3.8) is 0 Å². The van der Waals surface area contributed by atoms with Crippen molar-refractivity contribution in [1.29, 1.82) is 0 Å². The van der Waals surface area contributed by atoms with Crippen LogP contribution < -0.4 is 5.32 Å². The zero-order chi connectivity index (χ0) is 13.3. The average Bonchev–Trinajstić information content (AvgIpc) is 3.08. The molecule has 1 aromatic carbocycles. The lowest BCUT2D eigenvalue weighted by molar-refractivity contribution is 0.495. The zero-order valence-corrected chi connectivity index (χ0v) is 12.2. The lowest BCUT2D eigenvalue weighted by Gasteiger charge is -2.19. The van der Waals surface area contributed by atoms with E-state index in [4.69, 9.17) is 0 Å². The Kier molecular flexibility index (Phi) is 3.37. The summed E-state index contributed by atoms with van der Waals surface area (Å²) >= 11 is 1.76. The summed E-state index contributed by atoms with van der Waals surface area (Å²) in [6, 6.07) is 8.61. The number of benzene rings is 1. The van der Waals surface area contributed by atoms with Crippen molar-refractivity contribution in [2.75, 3.05) is 19.3 Å². The van der Waals surface area contributed by atoms with Crippen LogP contribution in [-0.2, 0) is 5.41 Å². The van der Waals surface area contributed by atoms with Gasteiger partial charge in [-0.05, 0) is 36.9 Å². The van der Waals surface area contributed by atoms with Gasteiger partial charge in [0.15, 0.2) is 0 Å². The third kappa shape index (κ3) is 2.42. The molecule has 100 valence electrons. The Balaban J connectivity index is 1.87. The molecule has 1 atom stereocenters. The molecule has 1 aromatic heterocycles. The molecule has 1 aliphatic heterocycles. The SMILES string of the molecule is CSc1ccc(-c2cnc(C3(C)CCNC3)[nH]2)cc1. The molecule has 4 heteroatoms. The number of hydrogen-bond donors (Lipinski definition) is 2. The van der Waals surface area contributed by atoms with Gasteiger partial charge >= 0.3 is 0 Å². The molecule has 3 nitrogen and oxygen atoms in total. The van der Waals surface area contributed by atoms with E-state index >= 15 is 0 Å². The molecule has 0 spiro atoms. The fourth-order valence-electron chi connectivity index (χ4n) is 2.56. The minimum absolute atomic E-state index is 0.150. The second kappa shape index (κ2) is 5.02. The molecule has 0 saturated carbocycles. The molecule has 3 rings (SSSR count). The smallest absolute Gasteiger partial charge is 0.113 e. The van der Waals surface area contributed by atoms with Gasteiger partial charge in [0.2, 0.25) is 0 Å². The van der Waals surface area contributed by atoms with E-state index in [1.54, 1.807) is 11.8 Å². The molecule has 0 aliphatic carbocycles. The molecule has 1 unspecified atom stereocenters. The minimum atomic E-state index is 0.150. The number of H-pyrrole nitrogens is 1. The van der Waals surface area contributed by atoms with Crippen LogP contribution in [0.4, 0.5) is 0 Å². The summed E-state index contributed by atoms with van der Waals surface area (Å²) in [4.78, 5) is 9.37. The lowest BCUT2D eigenvalue weighted by atomic mass is 9.89. The molecule has 2 N–H and O–H groups in total. The van der Waals surface area contributed by atoms with Crippen molar-refractivity contribution in [1.82, 2.24) is 15.3 Å². The number of rotatable bonds is 3. The molecule has 2 aromatic rings. The van der Waals surface area contributed by atoms with Gasteiger partial charge in [-0.15, -0.1) is 11.8 Å². The Morgan fingerprint density at radius 2 is 2.05 bits per heavy atom. The van der Waals surface area contributed by atoms with Crippen LogP contribution in [0.3, 0.4) is 0 Å². The molecule has 1 aliphatic rings. The van der Waals surface area contributed by atoms with Crippen LogP contribution in [0.25, 0.3) is 11.3 Å². The molecule has 1 saturated heterocycles. The summed E-state index contributed by atoms with van der Waals surface area (Å²) in [6.45, 7) is 4.35. The first kappa shape index (κ1) is 12.8. The van der Waals surface area contributed by atoms with Crippen molar-refractivity contribution in [3.8, 4) is 11.3 Å². The van der Waals surface area contributed by atoms with E-state index in [1.165, 1.54) is 10.5 Å². The molecule has 2 heterocycles. The molecule has 0 radical (unpaired) electrons. The fraction of sp³-hybridized carbons (Fsp3) is 0.400. The van der Waals surface area contributed by atoms with Crippen molar-refractivity contribution in [2.45, 2.75) is 23.7 Å². The van der Waals surface area contributed by atoms with Crippen molar-refractivity contribution >= 4 is 11.8 Å². The number of imidazole rings is 1. The molecule has 0 amide bonds. The maximum absolute atomic E-state index is 4.59. The highest BCUT2D eigenvalue weighted by Gasteiger charge is 2.33. The predicted molar refractivity (Wildman–Crippen MR) is 80.6 cm³/mol. The quantitative estimate of drug-likeness (QED) is 0.845. The standard InChI is InChI=1S/C15H19N3S/c1-15(7-8-16-10-15)14-17-9-13(18-14)11-3-5-12(19-2)6-4-11/h3-6,9,16H,7-8,10H2,1-2H3,(H,17,18). The first-order valence-corrected chi connectivity index (χ1v) is 7.84. The topological polar surface area (TPSA) is 40.7 Å². The first-order valence-electron chi connectivity index (χ1n) is 6.62. The van der Waals surface area contributed by atoms with Gasteiger partial charge in [-0.2, -0.15) is 0 Å². The highest BCUT2D eigenvalue weighted by Crippen LogP contribution is 2.30. The summed E-state index contributed by atoms with van der Waals surface area (Å²) in [7, 11) is 0. The summed E-state index contributed by atoms with van der Waals surface area (Å²) < 4.78 is 0. The Bertz CT molecular complexity index is 553. The van der Waals surface area contributed by atoms with E-state index in [0.717, 1.165) is 31.0 Å². The number of hydrogen-bond acceptors (Lipinski definition) is 3. The van der Waals surface area contributed by atoms with Crippen LogP contribution in [0.15, 0.2) is 35.4 Å².